The summed E-state index contributed by atoms with van der Waals surface area (Å²) in [6.07, 6.45) is 0.795. The molecule has 0 aliphatic carbocycles. The Bertz CT molecular complexity index is 1400. The molecule has 2 amide bonds. The largest absolute Gasteiger partial charge is 0.465 e. The van der Waals surface area contributed by atoms with Crippen LogP contribution in [0.3, 0.4) is 0 Å². The van der Waals surface area contributed by atoms with Crippen molar-refractivity contribution in [2.45, 2.75) is 65.2 Å². The van der Waals surface area contributed by atoms with Gasteiger partial charge in [-0.1, -0.05) is 6.07 Å². The van der Waals surface area contributed by atoms with Crippen LogP contribution in [0, 0.1) is 0 Å². The topological polar surface area (TPSA) is 121 Å². The fourth-order valence-electron chi connectivity index (χ4n) is 4.91. The zero-order chi connectivity index (χ0) is 26.6. The number of amides is 2. The van der Waals surface area contributed by atoms with Crippen molar-refractivity contribution >= 4 is 23.6 Å². The second kappa shape index (κ2) is 8.82. The summed E-state index contributed by atoms with van der Waals surface area (Å²) < 4.78 is 2.14. The number of hydrogen-bond acceptors (Lipinski definition) is 7. The molecule has 0 aromatic carbocycles. The number of carbonyl (C=O) groups is 2. The molecule has 194 valence electrons. The van der Waals surface area contributed by atoms with E-state index in [0.717, 1.165) is 24.2 Å². The van der Waals surface area contributed by atoms with E-state index < -0.39 is 6.09 Å². The molecule has 0 atom stereocenters. The van der Waals surface area contributed by atoms with Gasteiger partial charge >= 0.3 is 6.09 Å². The van der Waals surface area contributed by atoms with E-state index in [4.69, 9.17) is 9.97 Å². The molecule has 0 bridgehead atoms. The lowest BCUT2D eigenvalue weighted by molar-refractivity contribution is 0.0996. The van der Waals surface area contributed by atoms with Gasteiger partial charge in [0.05, 0.1) is 24.3 Å². The van der Waals surface area contributed by atoms with Crippen molar-refractivity contribution in [1.29, 1.82) is 0 Å². The highest BCUT2D eigenvalue weighted by atomic mass is 16.4. The van der Waals surface area contributed by atoms with E-state index >= 15 is 0 Å². The maximum Gasteiger partial charge on any atom is 0.407 e. The molecule has 0 spiro atoms. The minimum absolute atomic E-state index is 0.0764. The smallest absolute Gasteiger partial charge is 0.407 e. The lowest BCUT2D eigenvalue weighted by Crippen LogP contribution is -2.29. The summed E-state index contributed by atoms with van der Waals surface area (Å²) >= 11 is 0. The quantitative estimate of drug-likeness (QED) is 0.541. The van der Waals surface area contributed by atoms with Crippen LogP contribution in [-0.4, -0.2) is 66.9 Å². The third kappa shape index (κ3) is 4.17. The molecule has 0 radical (unpaired) electrons. The molecule has 37 heavy (non-hydrogen) atoms. The van der Waals surface area contributed by atoms with Crippen LogP contribution in [0.5, 0.6) is 0 Å². The van der Waals surface area contributed by atoms with Gasteiger partial charge < -0.3 is 19.5 Å². The molecule has 2 aliphatic rings. The summed E-state index contributed by atoms with van der Waals surface area (Å²) in [5, 5.41) is 18.2. The maximum atomic E-state index is 13.7. The van der Waals surface area contributed by atoms with Gasteiger partial charge in [0.1, 0.15) is 23.2 Å². The van der Waals surface area contributed by atoms with E-state index in [1.54, 1.807) is 17.0 Å². The molecule has 3 aromatic rings. The molecule has 11 heteroatoms. The molecule has 2 aliphatic heterocycles. The van der Waals surface area contributed by atoms with Crippen molar-refractivity contribution in [3.63, 3.8) is 0 Å². The summed E-state index contributed by atoms with van der Waals surface area (Å²) in [4.78, 5) is 39.6. The van der Waals surface area contributed by atoms with Crippen molar-refractivity contribution in [2.75, 3.05) is 23.9 Å². The molecule has 11 nitrogen and oxygen atoms in total. The summed E-state index contributed by atoms with van der Waals surface area (Å²) in [7, 11) is 3.40. The molecule has 5 rings (SSSR count). The number of fused-ring (bicyclic) bond motifs is 2. The minimum atomic E-state index is -1.06. The van der Waals surface area contributed by atoms with Gasteiger partial charge in [0.25, 0.3) is 5.91 Å². The van der Waals surface area contributed by atoms with Crippen molar-refractivity contribution in [2.24, 2.45) is 0 Å². The summed E-state index contributed by atoms with van der Waals surface area (Å²) in [6.45, 7) is 8.72. The van der Waals surface area contributed by atoms with E-state index in [9.17, 15) is 14.7 Å². The minimum Gasteiger partial charge on any atom is -0.465 e. The van der Waals surface area contributed by atoms with Gasteiger partial charge in [-0.05, 0) is 52.3 Å². The van der Waals surface area contributed by atoms with E-state index in [2.05, 4.69) is 28.6 Å². The normalized spacial score (nSPS) is 15.8. The zero-order valence-corrected chi connectivity index (χ0v) is 22.1. The van der Waals surface area contributed by atoms with Crippen LogP contribution in [-0.2, 0) is 25.0 Å². The number of hydrogen-bond donors (Lipinski definition) is 1. The van der Waals surface area contributed by atoms with Gasteiger partial charge in [0.15, 0.2) is 5.82 Å². The first-order valence-electron chi connectivity index (χ1n) is 12.4. The number of pyridine rings is 2. The van der Waals surface area contributed by atoms with Crippen molar-refractivity contribution in [3.8, 4) is 11.5 Å². The summed E-state index contributed by atoms with van der Waals surface area (Å²) in [5.41, 5.74) is 2.34. The average Bonchev–Trinajstić information content (AvgIpc) is 3.52. The third-order valence-corrected chi connectivity index (χ3v) is 7.37. The van der Waals surface area contributed by atoms with Gasteiger partial charge in [0.2, 0.25) is 0 Å². The fourth-order valence-corrected chi connectivity index (χ4v) is 4.91. The Kier molecular flexibility index (Phi) is 5.88. The first-order chi connectivity index (χ1) is 17.5. The first-order valence-corrected chi connectivity index (χ1v) is 12.4. The van der Waals surface area contributed by atoms with Crippen LogP contribution in [0.25, 0.3) is 11.5 Å². The van der Waals surface area contributed by atoms with E-state index in [1.807, 2.05) is 37.9 Å². The maximum absolute atomic E-state index is 13.7. The molecular weight excluding hydrogens is 472 g/mol. The van der Waals surface area contributed by atoms with Crippen LogP contribution in [0.1, 0.15) is 61.6 Å². The monoisotopic (exact) mass is 504 g/mol. The first kappa shape index (κ1) is 24.7. The van der Waals surface area contributed by atoms with E-state index in [0.29, 0.717) is 34.4 Å². The predicted molar refractivity (Wildman–Crippen MR) is 139 cm³/mol. The molecule has 1 N–H and O–H groups in total. The second-order valence-corrected chi connectivity index (χ2v) is 10.7. The standard InChI is InChI=1S/C26H32N8O3/c1-15(2)32(6)22-12-16-17(19(28-22)14-31(5)25(36)37)13-33(24(16)35)20-9-7-8-18(27-20)23-30-29-21-10-11-26(3,4)34(21)23/h7-9,12,15H,10-11,13-14H2,1-6H3,(H,36,37). The Hall–Kier alpha value is -4.02. The van der Waals surface area contributed by atoms with Crippen LogP contribution < -0.4 is 9.80 Å². The highest BCUT2D eigenvalue weighted by Crippen LogP contribution is 2.36. The predicted octanol–water partition coefficient (Wildman–Crippen LogP) is 3.53. The van der Waals surface area contributed by atoms with Crippen molar-refractivity contribution in [3.05, 3.63) is 46.9 Å². The Morgan fingerprint density at radius 1 is 1.19 bits per heavy atom. The van der Waals surface area contributed by atoms with E-state index in [1.165, 1.54) is 11.9 Å². The van der Waals surface area contributed by atoms with Gasteiger partial charge in [-0.3, -0.25) is 9.69 Å². The number of aryl methyl sites for hydroxylation is 1. The van der Waals surface area contributed by atoms with Gasteiger partial charge in [-0.25, -0.2) is 14.8 Å². The van der Waals surface area contributed by atoms with Crippen molar-refractivity contribution < 1.29 is 14.7 Å². The summed E-state index contributed by atoms with van der Waals surface area (Å²) in [6, 6.07) is 7.49. The summed E-state index contributed by atoms with van der Waals surface area (Å²) in [5.74, 6) is 2.57. The molecular formula is C26H32N8O3. The number of carboxylic acid groups (broad SMARTS) is 1. The fraction of sp³-hybridized carbons (Fsp3) is 0.462. The number of anilines is 2. The number of carbonyl (C=O) groups excluding carboxylic acids is 1. The Morgan fingerprint density at radius 2 is 1.95 bits per heavy atom. The number of rotatable bonds is 6. The number of nitrogens with zero attached hydrogens (tertiary/aromatic N) is 8. The molecule has 0 saturated carbocycles. The van der Waals surface area contributed by atoms with Gasteiger partial charge in [0, 0.05) is 37.7 Å². The molecule has 0 unspecified atom stereocenters. The van der Waals surface area contributed by atoms with Crippen LogP contribution in [0.15, 0.2) is 24.3 Å². The Balaban J connectivity index is 1.53. The SMILES string of the molecule is CC(C)N(C)c1cc2c(c(CN(C)C(=O)O)n1)CN(c1cccc(-c3nnc4n3C(C)(C)CC4)n1)C2=O. The number of aromatic nitrogens is 5. The van der Waals surface area contributed by atoms with Crippen LogP contribution in [0.4, 0.5) is 16.4 Å². The second-order valence-electron chi connectivity index (χ2n) is 10.7. The van der Waals surface area contributed by atoms with Gasteiger partial charge in [-0.2, -0.15) is 0 Å². The van der Waals surface area contributed by atoms with Crippen molar-refractivity contribution in [1.82, 2.24) is 29.6 Å². The van der Waals surface area contributed by atoms with E-state index in [-0.39, 0.29) is 30.6 Å². The molecule has 0 saturated heterocycles. The Labute approximate surface area is 215 Å². The molecule has 5 heterocycles. The molecule has 3 aromatic heterocycles. The zero-order valence-electron chi connectivity index (χ0n) is 22.1. The lowest BCUT2D eigenvalue weighted by atomic mass is 10.0. The Morgan fingerprint density at radius 3 is 2.65 bits per heavy atom. The lowest BCUT2D eigenvalue weighted by Gasteiger charge is -2.24. The van der Waals surface area contributed by atoms with Gasteiger partial charge in [-0.15, -0.1) is 10.2 Å². The third-order valence-electron chi connectivity index (χ3n) is 7.37. The average molecular weight is 505 g/mol. The van der Waals surface area contributed by atoms with Crippen LogP contribution in [0.2, 0.25) is 0 Å². The highest BCUT2D eigenvalue weighted by Gasteiger charge is 2.36. The van der Waals surface area contributed by atoms with Crippen LogP contribution >= 0.6 is 0 Å². The highest BCUT2D eigenvalue weighted by molar-refractivity contribution is 6.10. The molecule has 0 fully saturated rings.